The van der Waals surface area contributed by atoms with E-state index in [0.29, 0.717) is 29.0 Å². The van der Waals surface area contributed by atoms with Crippen LogP contribution in [-0.4, -0.2) is 24.8 Å². The summed E-state index contributed by atoms with van der Waals surface area (Å²) in [5, 5.41) is 17.4. The van der Waals surface area contributed by atoms with E-state index in [4.69, 9.17) is 19.8 Å². The number of ether oxygens (including phenoxy) is 2. The number of carbonyl (C=O) groups is 1. The number of unbranched alkanes of at least 4 members (excludes halogenated alkanes) is 2. The zero-order valence-corrected chi connectivity index (χ0v) is 12.1. The first-order valence-corrected chi connectivity index (χ1v) is 6.50. The maximum absolute atomic E-state index is 10.9. The molecule has 0 fully saturated rings. The quantitative estimate of drug-likeness (QED) is 0.777. The standard InChI is InChI=1S/C13H14BrNO4/c1-18-11-8-9(13(16)17)7-10(14)12(11)19-6-4-2-3-5-15/h7-8H,2-4,6H2,1H3,(H,16,17). The highest BCUT2D eigenvalue weighted by Gasteiger charge is 2.14. The van der Waals surface area contributed by atoms with Gasteiger partial charge in [-0.05, 0) is 40.9 Å². The average Bonchev–Trinajstić information content (AvgIpc) is 2.39. The normalized spacial score (nSPS) is 9.74. The van der Waals surface area contributed by atoms with Gasteiger partial charge in [-0.15, -0.1) is 0 Å². The molecule has 1 rings (SSSR count). The van der Waals surface area contributed by atoms with Crippen molar-refractivity contribution in [2.75, 3.05) is 13.7 Å². The highest BCUT2D eigenvalue weighted by Crippen LogP contribution is 2.36. The molecule has 5 nitrogen and oxygen atoms in total. The second-order valence-electron chi connectivity index (χ2n) is 3.76. The second kappa shape index (κ2) is 7.64. The third kappa shape index (κ3) is 4.45. The highest BCUT2D eigenvalue weighted by molar-refractivity contribution is 9.10. The minimum Gasteiger partial charge on any atom is -0.493 e. The number of rotatable bonds is 7. The zero-order valence-electron chi connectivity index (χ0n) is 10.5. The van der Waals surface area contributed by atoms with Crippen molar-refractivity contribution in [3.05, 3.63) is 22.2 Å². The fourth-order valence-electron chi connectivity index (χ4n) is 1.46. The second-order valence-corrected chi connectivity index (χ2v) is 4.61. The maximum Gasteiger partial charge on any atom is 0.335 e. The van der Waals surface area contributed by atoms with Crippen molar-refractivity contribution in [3.63, 3.8) is 0 Å². The van der Waals surface area contributed by atoms with E-state index in [-0.39, 0.29) is 5.56 Å². The van der Waals surface area contributed by atoms with Crippen molar-refractivity contribution in [1.29, 1.82) is 5.26 Å². The SMILES string of the molecule is COc1cc(C(=O)O)cc(Br)c1OCCCCC#N. The molecule has 6 heteroatoms. The van der Waals surface area contributed by atoms with Crippen molar-refractivity contribution in [1.82, 2.24) is 0 Å². The summed E-state index contributed by atoms with van der Waals surface area (Å²) < 4.78 is 11.2. The molecule has 0 bridgehead atoms. The van der Waals surface area contributed by atoms with Gasteiger partial charge < -0.3 is 14.6 Å². The van der Waals surface area contributed by atoms with Gasteiger partial charge in [-0.3, -0.25) is 0 Å². The van der Waals surface area contributed by atoms with E-state index in [1.807, 2.05) is 0 Å². The van der Waals surface area contributed by atoms with Crippen LogP contribution in [0.3, 0.4) is 0 Å². The topological polar surface area (TPSA) is 79.6 Å². The Hall–Kier alpha value is -1.74. The van der Waals surface area contributed by atoms with Gasteiger partial charge in [-0.25, -0.2) is 4.79 Å². The minimum absolute atomic E-state index is 0.126. The van der Waals surface area contributed by atoms with Crippen LogP contribution < -0.4 is 9.47 Å². The van der Waals surface area contributed by atoms with E-state index >= 15 is 0 Å². The first-order valence-electron chi connectivity index (χ1n) is 5.70. The predicted octanol–water partition coefficient (Wildman–Crippen LogP) is 3.23. The van der Waals surface area contributed by atoms with Gasteiger partial charge >= 0.3 is 5.97 Å². The van der Waals surface area contributed by atoms with Crippen molar-refractivity contribution >= 4 is 21.9 Å². The Labute approximate surface area is 119 Å². The molecule has 1 aromatic rings. The fourth-order valence-corrected chi connectivity index (χ4v) is 2.02. The van der Waals surface area contributed by atoms with Gasteiger partial charge in [-0.2, -0.15) is 5.26 Å². The summed E-state index contributed by atoms with van der Waals surface area (Å²) in [6.07, 6.45) is 2.02. The van der Waals surface area contributed by atoms with Gasteiger partial charge in [0.2, 0.25) is 0 Å². The highest BCUT2D eigenvalue weighted by atomic mass is 79.9. The number of hydrogen-bond acceptors (Lipinski definition) is 4. The molecule has 0 saturated heterocycles. The summed E-state index contributed by atoms with van der Waals surface area (Å²) in [6.45, 7) is 0.447. The Kier molecular flexibility index (Phi) is 6.16. The first-order chi connectivity index (χ1) is 9.10. The maximum atomic E-state index is 10.9. The van der Waals surface area contributed by atoms with Crippen LogP contribution in [0.5, 0.6) is 11.5 Å². The van der Waals surface area contributed by atoms with E-state index < -0.39 is 5.97 Å². The summed E-state index contributed by atoms with van der Waals surface area (Å²) >= 11 is 3.27. The summed E-state index contributed by atoms with van der Waals surface area (Å²) in [6, 6.07) is 4.95. The zero-order chi connectivity index (χ0) is 14.3. The van der Waals surface area contributed by atoms with Crippen LogP contribution in [-0.2, 0) is 0 Å². The van der Waals surface area contributed by atoms with Crippen LogP contribution in [0.4, 0.5) is 0 Å². The van der Waals surface area contributed by atoms with Crippen molar-refractivity contribution in [3.8, 4) is 17.6 Å². The fraction of sp³-hybridized carbons (Fsp3) is 0.385. The molecule has 1 aromatic carbocycles. The van der Waals surface area contributed by atoms with E-state index in [2.05, 4.69) is 22.0 Å². The number of nitriles is 1. The molecular weight excluding hydrogens is 314 g/mol. The molecule has 0 aliphatic rings. The molecule has 0 spiro atoms. The molecule has 1 N–H and O–H groups in total. The number of methoxy groups -OCH3 is 1. The lowest BCUT2D eigenvalue weighted by atomic mass is 10.2. The van der Waals surface area contributed by atoms with Gasteiger partial charge in [0.1, 0.15) is 0 Å². The monoisotopic (exact) mass is 327 g/mol. The summed E-state index contributed by atoms with van der Waals surface area (Å²) in [4.78, 5) is 10.9. The first kappa shape index (κ1) is 15.3. The van der Waals surface area contributed by atoms with Crippen LogP contribution in [0.15, 0.2) is 16.6 Å². The Balaban J connectivity index is 2.77. The van der Waals surface area contributed by atoms with Crippen molar-refractivity contribution in [2.24, 2.45) is 0 Å². The molecule has 102 valence electrons. The lowest BCUT2D eigenvalue weighted by molar-refractivity contribution is 0.0696. The van der Waals surface area contributed by atoms with Gasteiger partial charge in [-0.1, -0.05) is 0 Å². The molecule has 19 heavy (non-hydrogen) atoms. The third-order valence-corrected chi connectivity index (χ3v) is 2.99. The number of hydrogen-bond donors (Lipinski definition) is 1. The van der Waals surface area contributed by atoms with Gasteiger partial charge in [0.25, 0.3) is 0 Å². The van der Waals surface area contributed by atoms with Crippen LogP contribution >= 0.6 is 15.9 Å². The minimum atomic E-state index is -1.03. The largest absolute Gasteiger partial charge is 0.493 e. The molecule has 0 heterocycles. The number of carboxylic acids is 1. The van der Waals surface area contributed by atoms with Gasteiger partial charge in [0, 0.05) is 6.42 Å². The van der Waals surface area contributed by atoms with Crippen LogP contribution in [0.2, 0.25) is 0 Å². The lowest BCUT2D eigenvalue weighted by Crippen LogP contribution is -2.03. The Bertz CT molecular complexity index is 496. The molecule has 0 radical (unpaired) electrons. The smallest absolute Gasteiger partial charge is 0.335 e. The molecule has 0 aliphatic carbocycles. The van der Waals surface area contributed by atoms with E-state index in [1.165, 1.54) is 19.2 Å². The molecule has 0 aliphatic heterocycles. The number of nitrogens with zero attached hydrogens (tertiary/aromatic N) is 1. The van der Waals surface area contributed by atoms with Crippen LogP contribution in [0, 0.1) is 11.3 Å². The predicted molar refractivity (Wildman–Crippen MR) is 72.6 cm³/mol. The van der Waals surface area contributed by atoms with E-state index in [0.717, 1.165) is 12.8 Å². The third-order valence-electron chi connectivity index (χ3n) is 2.41. The summed E-state index contributed by atoms with van der Waals surface area (Å²) in [5.74, 6) is -0.184. The molecule has 0 aromatic heterocycles. The molecule has 0 saturated carbocycles. The lowest BCUT2D eigenvalue weighted by Gasteiger charge is -2.13. The molecular formula is C13H14BrNO4. The Morgan fingerprint density at radius 3 is 2.79 bits per heavy atom. The number of aromatic carboxylic acids is 1. The molecule has 0 amide bonds. The van der Waals surface area contributed by atoms with E-state index in [9.17, 15) is 4.79 Å². The van der Waals surface area contributed by atoms with Gasteiger partial charge in [0.05, 0.1) is 29.8 Å². The van der Waals surface area contributed by atoms with E-state index in [1.54, 1.807) is 0 Å². The summed E-state index contributed by atoms with van der Waals surface area (Å²) in [7, 11) is 1.45. The number of carboxylic acid groups (broad SMARTS) is 1. The Morgan fingerprint density at radius 2 is 2.21 bits per heavy atom. The summed E-state index contributed by atoms with van der Waals surface area (Å²) in [5.41, 5.74) is 0.126. The van der Waals surface area contributed by atoms with Crippen molar-refractivity contribution in [2.45, 2.75) is 19.3 Å². The number of benzene rings is 1. The molecule has 0 unspecified atom stereocenters. The van der Waals surface area contributed by atoms with Crippen LogP contribution in [0.25, 0.3) is 0 Å². The Morgan fingerprint density at radius 1 is 1.47 bits per heavy atom. The number of halogens is 1. The molecule has 0 atom stereocenters. The van der Waals surface area contributed by atoms with Gasteiger partial charge in [0.15, 0.2) is 11.5 Å². The average molecular weight is 328 g/mol. The van der Waals surface area contributed by atoms with Crippen LogP contribution in [0.1, 0.15) is 29.6 Å². The van der Waals surface area contributed by atoms with Crippen molar-refractivity contribution < 1.29 is 19.4 Å².